The third-order valence-corrected chi connectivity index (χ3v) is 4.44. The molecule has 8 nitrogen and oxygen atoms in total. The van der Waals surface area contributed by atoms with Crippen LogP contribution in [0.5, 0.6) is 0 Å². The second-order valence-corrected chi connectivity index (χ2v) is 6.48. The number of likely N-dealkylation sites (tertiary alicyclic amines) is 1. The molecule has 2 heterocycles. The summed E-state index contributed by atoms with van der Waals surface area (Å²) < 4.78 is 10.5. The predicted octanol–water partition coefficient (Wildman–Crippen LogP) is 2.07. The Hall–Kier alpha value is -3.60. The van der Waals surface area contributed by atoms with Crippen molar-refractivity contribution in [3.8, 4) is 6.07 Å². The van der Waals surface area contributed by atoms with E-state index in [1.54, 1.807) is 36.4 Å². The number of esters is 1. The minimum absolute atomic E-state index is 0.0329. The van der Waals surface area contributed by atoms with E-state index in [9.17, 15) is 14.4 Å². The lowest BCUT2D eigenvalue weighted by Crippen LogP contribution is -2.33. The number of hydrogen-bond donors (Lipinski definition) is 1. The van der Waals surface area contributed by atoms with Crippen LogP contribution in [0.3, 0.4) is 0 Å². The maximum atomic E-state index is 12.4. The fraction of sp³-hybridized carbons (Fsp3) is 0.300. The molecule has 0 saturated carbocycles. The van der Waals surface area contributed by atoms with Crippen LogP contribution >= 0.6 is 0 Å². The fourth-order valence-electron chi connectivity index (χ4n) is 2.92. The third-order valence-electron chi connectivity index (χ3n) is 4.44. The molecule has 2 atom stereocenters. The van der Waals surface area contributed by atoms with Gasteiger partial charge in [0, 0.05) is 13.0 Å². The van der Waals surface area contributed by atoms with E-state index in [-0.39, 0.29) is 25.4 Å². The molecule has 1 fully saturated rings. The summed E-state index contributed by atoms with van der Waals surface area (Å²) >= 11 is 0. The van der Waals surface area contributed by atoms with Gasteiger partial charge in [-0.2, -0.15) is 5.26 Å². The molecule has 0 spiro atoms. The van der Waals surface area contributed by atoms with Crippen molar-refractivity contribution in [2.45, 2.75) is 26.0 Å². The Kier molecular flexibility index (Phi) is 5.75. The van der Waals surface area contributed by atoms with Crippen LogP contribution in [0.25, 0.3) is 0 Å². The van der Waals surface area contributed by atoms with Gasteiger partial charge in [-0.25, -0.2) is 0 Å². The number of furan rings is 1. The molecule has 8 heteroatoms. The lowest BCUT2D eigenvalue weighted by Gasteiger charge is -2.17. The zero-order valence-corrected chi connectivity index (χ0v) is 15.3. The highest BCUT2D eigenvalue weighted by molar-refractivity contribution is 5.96. The number of nitrogens with one attached hydrogen (secondary N) is 1. The number of anilines is 1. The quantitative estimate of drug-likeness (QED) is 0.767. The summed E-state index contributed by atoms with van der Waals surface area (Å²) in [6.07, 6.45) is 0.492. The SMILES string of the molecule is C[C@H](OC(=O)[C@H]1CC(=O)N(Cc2ccco2)C1)C(=O)Nc1ccccc1C#N. The Morgan fingerprint density at radius 1 is 1.36 bits per heavy atom. The lowest BCUT2D eigenvalue weighted by molar-refractivity contribution is -0.157. The molecule has 0 radical (unpaired) electrons. The van der Waals surface area contributed by atoms with Crippen molar-refractivity contribution in [1.82, 2.24) is 4.90 Å². The molecular weight excluding hydrogens is 362 g/mol. The summed E-state index contributed by atoms with van der Waals surface area (Å²) in [4.78, 5) is 38.3. The van der Waals surface area contributed by atoms with E-state index >= 15 is 0 Å². The zero-order valence-electron chi connectivity index (χ0n) is 15.3. The van der Waals surface area contributed by atoms with E-state index < -0.39 is 23.9 Å². The molecular formula is C20H19N3O5. The molecule has 1 aromatic carbocycles. The van der Waals surface area contributed by atoms with Gasteiger partial charge in [0.05, 0.1) is 30.0 Å². The maximum absolute atomic E-state index is 12.4. The molecule has 1 aliphatic rings. The lowest BCUT2D eigenvalue weighted by atomic mass is 10.1. The Balaban J connectivity index is 1.54. The molecule has 3 rings (SSSR count). The highest BCUT2D eigenvalue weighted by Crippen LogP contribution is 2.22. The average Bonchev–Trinajstić information content (AvgIpc) is 3.32. The van der Waals surface area contributed by atoms with E-state index in [1.807, 2.05) is 6.07 Å². The monoisotopic (exact) mass is 381 g/mol. The summed E-state index contributed by atoms with van der Waals surface area (Å²) in [5, 5.41) is 11.6. The number of amides is 2. The predicted molar refractivity (Wildman–Crippen MR) is 97.6 cm³/mol. The van der Waals surface area contributed by atoms with Crippen LogP contribution in [0.2, 0.25) is 0 Å². The molecule has 144 valence electrons. The number of carbonyl (C=O) groups excluding carboxylic acids is 3. The number of hydrogen-bond acceptors (Lipinski definition) is 6. The van der Waals surface area contributed by atoms with Crippen LogP contribution in [0, 0.1) is 17.2 Å². The minimum Gasteiger partial charge on any atom is -0.467 e. The van der Waals surface area contributed by atoms with Crippen molar-refractivity contribution < 1.29 is 23.5 Å². The van der Waals surface area contributed by atoms with Crippen molar-refractivity contribution in [3.63, 3.8) is 0 Å². The number of para-hydroxylation sites is 1. The summed E-state index contributed by atoms with van der Waals surface area (Å²) in [5.41, 5.74) is 0.655. The van der Waals surface area contributed by atoms with Gasteiger partial charge in [0.25, 0.3) is 5.91 Å². The second-order valence-electron chi connectivity index (χ2n) is 6.48. The van der Waals surface area contributed by atoms with Crippen molar-refractivity contribution in [2.75, 3.05) is 11.9 Å². The summed E-state index contributed by atoms with van der Waals surface area (Å²) in [6, 6.07) is 12.0. The van der Waals surface area contributed by atoms with Crippen LogP contribution < -0.4 is 5.32 Å². The van der Waals surface area contributed by atoms with Gasteiger partial charge in [-0.1, -0.05) is 12.1 Å². The highest BCUT2D eigenvalue weighted by atomic mass is 16.5. The number of carbonyl (C=O) groups is 3. The molecule has 1 N–H and O–H groups in total. The smallest absolute Gasteiger partial charge is 0.312 e. The maximum Gasteiger partial charge on any atom is 0.312 e. The Morgan fingerprint density at radius 3 is 2.86 bits per heavy atom. The molecule has 0 bridgehead atoms. The molecule has 1 aliphatic heterocycles. The second kappa shape index (κ2) is 8.39. The first-order chi connectivity index (χ1) is 13.5. The molecule has 0 unspecified atom stereocenters. The standard InChI is InChI=1S/C20H19N3O5/c1-13(19(25)22-17-7-3-2-5-14(17)10-21)28-20(26)15-9-18(24)23(11-15)12-16-6-4-8-27-16/h2-8,13,15H,9,11-12H2,1H3,(H,22,25)/t13-,15-/m0/s1. The molecule has 1 saturated heterocycles. The average molecular weight is 381 g/mol. The van der Waals surface area contributed by atoms with Crippen molar-refractivity contribution in [2.24, 2.45) is 5.92 Å². The van der Waals surface area contributed by atoms with Gasteiger partial charge in [0.1, 0.15) is 11.8 Å². The van der Waals surface area contributed by atoms with E-state index in [4.69, 9.17) is 14.4 Å². The first kappa shape index (κ1) is 19.2. The number of ether oxygens (including phenoxy) is 1. The number of benzene rings is 1. The largest absolute Gasteiger partial charge is 0.467 e. The van der Waals surface area contributed by atoms with Gasteiger partial charge < -0.3 is 19.4 Å². The van der Waals surface area contributed by atoms with Crippen molar-refractivity contribution >= 4 is 23.5 Å². The van der Waals surface area contributed by atoms with E-state index in [0.29, 0.717) is 17.0 Å². The molecule has 2 aromatic rings. The number of nitriles is 1. The highest BCUT2D eigenvalue weighted by Gasteiger charge is 2.37. The Morgan fingerprint density at radius 2 is 2.14 bits per heavy atom. The first-order valence-corrected chi connectivity index (χ1v) is 8.78. The fourth-order valence-corrected chi connectivity index (χ4v) is 2.92. The summed E-state index contributed by atoms with van der Waals surface area (Å²) in [7, 11) is 0. The minimum atomic E-state index is -1.06. The van der Waals surface area contributed by atoms with E-state index in [2.05, 4.69) is 5.32 Å². The van der Waals surface area contributed by atoms with Crippen molar-refractivity contribution in [1.29, 1.82) is 5.26 Å². The van der Waals surface area contributed by atoms with E-state index in [0.717, 1.165) is 0 Å². The number of nitrogens with zero attached hydrogens (tertiary/aromatic N) is 2. The van der Waals surface area contributed by atoms with Crippen LogP contribution in [0.1, 0.15) is 24.7 Å². The summed E-state index contributed by atoms with van der Waals surface area (Å²) in [6.45, 7) is 1.94. The molecule has 2 amide bonds. The normalized spacial score (nSPS) is 17.1. The Bertz CT molecular complexity index is 916. The Labute approximate surface area is 161 Å². The first-order valence-electron chi connectivity index (χ1n) is 8.78. The van der Waals surface area contributed by atoms with Crippen LogP contribution in [-0.4, -0.2) is 35.3 Å². The van der Waals surface area contributed by atoms with E-state index in [1.165, 1.54) is 18.1 Å². The van der Waals surface area contributed by atoms with Gasteiger partial charge >= 0.3 is 5.97 Å². The zero-order chi connectivity index (χ0) is 20.1. The number of rotatable bonds is 6. The molecule has 0 aliphatic carbocycles. The van der Waals surface area contributed by atoms with Gasteiger partial charge in [-0.15, -0.1) is 0 Å². The summed E-state index contributed by atoms with van der Waals surface area (Å²) in [5.74, 6) is -1.33. The molecule has 1 aromatic heterocycles. The van der Waals surface area contributed by atoms with Crippen molar-refractivity contribution in [3.05, 3.63) is 54.0 Å². The van der Waals surface area contributed by atoms with Gasteiger partial charge in [0.2, 0.25) is 5.91 Å². The molecule has 28 heavy (non-hydrogen) atoms. The topological polar surface area (TPSA) is 113 Å². The van der Waals surface area contributed by atoms with Crippen LogP contribution in [0.4, 0.5) is 5.69 Å². The van der Waals surface area contributed by atoms with Gasteiger partial charge in [-0.05, 0) is 31.2 Å². The third kappa shape index (κ3) is 4.38. The van der Waals surface area contributed by atoms with Crippen LogP contribution in [-0.2, 0) is 25.7 Å². The van der Waals surface area contributed by atoms with Gasteiger partial charge in [-0.3, -0.25) is 14.4 Å². The van der Waals surface area contributed by atoms with Gasteiger partial charge in [0.15, 0.2) is 6.10 Å². The van der Waals surface area contributed by atoms with Crippen LogP contribution in [0.15, 0.2) is 47.1 Å².